The predicted octanol–water partition coefficient (Wildman–Crippen LogP) is 3.71. The predicted molar refractivity (Wildman–Crippen MR) is 106 cm³/mol. The maximum Gasteiger partial charge on any atom is 0.337 e. The van der Waals surface area contributed by atoms with Gasteiger partial charge >= 0.3 is 5.97 Å². The van der Waals surface area contributed by atoms with Crippen molar-refractivity contribution in [3.63, 3.8) is 0 Å². The van der Waals surface area contributed by atoms with Crippen LogP contribution in [0.3, 0.4) is 0 Å². The van der Waals surface area contributed by atoms with Crippen molar-refractivity contribution in [2.45, 2.75) is 38.5 Å². The number of sulfonamides is 1. The highest BCUT2D eigenvalue weighted by Crippen LogP contribution is 2.29. The molecule has 2 N–H and O–H groups in total. The van der Waals surface area contributed by atoms with Gasteiger partial charge in [0.25, 0.3) is 10.0 Å². The van der Waals surface area contributed by atoms with E-state index < -0.39 is 16.0 Å². The number of hydrogen-bond donors (Lipinski definition) is 2. The van der Waals surface area contributed by atoms with E-state index in [1.165, 1.54) is 6.07 Å². The molecule has 0 amide bonds. The van der Waals surface area contributed by atoms with Crippen LogP contribution in [0.4, 0.5) is 11.4 Å². The van der Waals surface area contributed by atoms with E-state index in [0.717, 1.165) is 37.2 Å². The zero-order valence-corrected chi connectivity index (χ0v) is 16.6. The molecule has 0 bridgehead atoms. The number of nitrogens with one attached hydrogen (secondary N) is 1. The van der Waals surface area contributed by atoms with Crippen molar-refractivity contribution in [2.75, 3.05) is 22.7 Å². The van der Waals surface area contributed by atoms with Crippen LogP contribution in [0.5, 0.6) is 0 Å². The van der Waals surface area contributed by atoms with E-state index in [-0.39, 0.29) is 16.1 Å². The highest BCUT2D eigenvalue weighted by Gasteiger charge is 2.23. The van der Waals surface area contributed by atoms with Crippen LogP contribution >= 0.6 is 0 Å². The Hall–Kier alpha value is -2.54. The standard InChI is InChI=1S/C20H24N2O4S/c1-13-10-14(2)19(15(3)11-13)27(25,26)21-18-7-6-16(12-17(18)20(23)24)22-8-4-5-9-22/h6-7,10-12,21H,4-5,8-9H2,1-3H3,(H,23,24). The fourth-order valence-electron chi connectivity index (χ4n) is 3.76. The number of carboxylic acids is 1. The molecule has 0 radical (unpaired) electrons. The number of hydrogen-bond acceptors (Lipinski definition) is 4. The Bertz CT molecular complexity index is 970. The third kappa shape index (κ3) is 3.93. The first-order valence-corrected chi connectivity index (χ1v) is 10.4. The van der Waals surface area contributed by atoms with Crippen molar-refractivity contribution in [3.8, 4) is 0 Å². The molecule has 1 aliphatic heterocycles. The van der Waals surface area contributed by atoms with E-state index in [1.54, 1.807) is 38.1 Å². The normalized spacial score (nSPS) is 14.4. The van der Waals surface area contributed by atoms with Gasteiger partial charge < -0.3 is 10.0 Å². The maximum atomic E-state index is 13.0. The second-order valence-electron chi connectivity index (χ2n) is 7.06. The molecular weight excluding hydrogens is 364 g/mol. The van der Waals surface area contributed by atoms with Crippen LogP contribution < -0.4 is 9.62 Å². The lowest BCUT2D eigenvalue weighted by atomic mass is 10.1. The number of aromatic carboxylic acids is 1. The fraction of sp³-hybridized carbons (Fsp3) is 0.350. The van der Waals surface area contributed by atoms with Crippen molar-refractivity contribution in [2.24, 2.45) is 0 Å². The monoisotopic (exact) mass is 388 g/mol. The molecule has 0 saturated carbocycles. The van der Waals surface area contributed by atoms with Crippen LogP contribution in [-0.2, 0) is 10.0 Å². The summed E-state index contributed by atoms with van der Waals surface area (Å²) in [5.74, 6) is -1.16. The molecule has 1 saturated heterocycles. The minimum atomic E-state index is -3.91. The minimum absolute atomic E-state index is 0.0506. The van der Waals surface area contributed by atoms with Crippen LogP contribution in [0.25, 0.3) is 0 Å². The SMILES string of the molecule is Cc1cc(C)c(S(=O)(=O)Nc2ccc(N3CCCC3)cc2C(=O)O)c(C)c1. The number of anilines is 2. The first-order chi connectivity index (χ1) is 12.7. The Morgan fingerprint density at radius 2 is 1.63 bits per heavy atom. The van der Waals surface area contributed by atoms with E-state index in [4.69, 9.17) is 0 Å². The maximum absolute atomic E-state index is 13.0. The van der Waals surface area contributed by atoms with Gasteiger partial charge in [-0.25, -0.2) is 13.2 Å². The molecule has 6 nitrogen and oxygen atoms in total. The van der Waals surface area contributed by atoms with Gasteiger partial charge in [0.05, 0.1) is 16.1 Å². The summed E-state index contributed by atoms with van der Waals surface area (Å²) in [5, 5.41) is 9.59. The van der Waals surface area contributed by atoms with Crippen LogP contribution in [0.1, 0.15) is 39.9 Å². The van der Waals surface area contributed by atoms with Gasteiger partial charge in [0.1, 0.15) is 0 Å². The molecule has 2 aromatic carbocycles. The number of aryl methyl sites for hydroxylation is 3. The lowest BCUT2D eigenvalue weighted by Crippen LogP contribution is -2.20. The number of carbonyl (C=O) groups is 1. The van der Waals surface area contributed by atoms with Gasteiger partial charge in [-0.05, 0) is 62.9 Å². The highest BCUT2D eigenvalue weighted by molar-refractivity contribution is 7.92. The first kappa shape index (κ1) is 19.2. The van der Waals surface area contributed by atoms with Crippen molar-refractivity contribution < 1.29 is 18.3 Å². The smallest absolute Gasteiger partial charge is 0.337 e. The van der Waals surface area contributed by atoms with Gasteiger partial charge in [0, 0.05) is 18.8 Å². The second kappa shape index (κ2) is 7.23. The average molecular weight is 388 g/mol. The number of benzene rings is 2. The van der Waals surface area contributed by atoms with E-state index in [1.807, 2.05) is 6.92 Å². The Morgan fingerprint density at radius 1 is 1.04 bits per heavy atom. The zero-order chi connectivity index (χ0) is 19.8. The summed E-state index contributed by atoms with van der Waals surface area (Å²) in [6, 6.07) is 8.45. The molecule has 1 fully saturated rings. The molecule has 2 aromatic rings. The molecule has 0 spiro atoms. The summed E-state index contributed by atoms with van der Waals surface area (Å²) >= 11 is 0. The van der Waals surface area contributed by atoms with Gasteiger partial charge in [0.2, 0.25) is 0 Å². The van der Waals surface area contributed by atoms with Crippen LogP contribution in [0.15, 0.2) is 35.2 Å². The topological polar surface area (TPSA) is 86.7 Å². The van der Waals surface area contributed by atoms with Gasteiger partial charge in [0.15, 0.2) is 0 Å². The lowest BCUT2D eigenvalue weighted by Gasteiger charge is -2.20. The molecule has 0 aliphatic carbocycles. The largest absolute Gasteiger partial charge is 0.478 e. The molecule has 0 atom stereocenters. The van der Waals surface area contributed by atoms with E-state index in [2.05, 4.69) is 9.62 Å². The summed E-state index contributed by atoms with van der Waals surface area (Å²) in [6.45, 7) is 7.15. The summed E-state index contributed by atoms with van der Waals surface area (Å²) in [4.78, 5) is 14.0. The third-order valence-corrected chi connectivity index (χ3v) is 6.49. The minimum Gasteiger partial charge on any atom is -0.478 e. The number of rotatable bonds is 5. The summed E-state index contributed by atoms with van der Waals surface area (Å²) in [7, 11) is -3.91. The molecule has 0 aromatic heterocycles. The average Bonchev–Trinajstić information content (AvgIpc) is 3.07. The summed E-state index contributed by atoms with van der Waals surface area (Å²) in [6.07, 6.45) is 2.14. The second-order valence-corrected chi connectivity index (χ2v) is 8.68. The molecule has 27 heavy (non-hydrogen) atoms. The molecular formula is C20H24N2O4S. The Kier molecular flexibility index (Phi) is 5.15. The van der Waals surface area contributed by atoms with Crippen molar-refractivity contribution in [3.05, 3.63) is 52.6 Å². The lowest BCUT2D eigenvalue weighted by molar-refractivity contribution is 0.0698. The van der Waals surface area contributed by atoms with Gasteiger partial charge in [-0.1, -0.05) is 17.7 Å². The quantitative estimate of drug-likeness (QED) is 0.815. The van der Waals surface area contributed by atoms with Gasteiger partial charge in [-0.2, -0.15) is 0 Å². The summed E-state index contributed by atoms with van der Waals surface area (Å²) in [5.41, 5.74) is 3.06. The van der Waals surface area contributed by atoms with Gasteiger partial charge in [-0.3, -0.25) is 4.72 Å². The van der Waals surface area contributed by atoms with Crippen molar-refractivity contribution in [1.29, 1.82) is 0 Å². The highest BCUT2D eigenvalue weighted by atomic mass is 32.2. The van der Waals surface area contributed by atoms with Crippen LogP contribution in [0, 0.1) is 20.8 Å². The third-order valence-electron chi connectivity index (χ3n) is 4.82. The Balaban J connectivity index is 2.00. The van der Waals surface area contributed by atoms with E-state index in [9.17, 15) is 18.3 Å². The molecule has 144 valence electrons. The Morgan fingerprint density at radius 3 is 2.19 bits per heavy atom. The van der Waals surface area contributed by atoms with Crippen LogP contribution in [-0.4, -0.2) is 32.6 Å². The first-order valence-electron chi connectivity index (χ1n) is 8.92. The molecule has 1 heterocycles. The molecule has 3 rings (SSSR count). The zero-order valence-electron chi connectivity index (χ0n) is 15.7. The van der Waals surface area contributed by atoms with E-state index in [0.29, 0.717) is 11.1 Å². The molecule has 0 unspecified atom stereocenters. The summed E-state index contributed by atoms with van der Waals surface area (Å²) < 4.78 is 28.4. The Labute approximate surface area is 159 Å². The van der Waals surface area contributed by atoms with Crippen molar-refractivity contribution >= 4 is 27.4 Å². The number of nitrogens with zero attached hydrogens (tertiary/aromatic N) is 1. The van der Waals surface area contributed by atoms with E-state index >= 15 is 0 Å². The van der Waals surface area contributed by atoms with Gasteiger partial charge in [-0.15, -0.1) is 0 Å². The van der Waals surface area contributed by atoms with Crippen molar-refractivity contribution in [1.82, 2.24) is 0 Å². The molecule has 7 heteroatoms. The number of carboxylic acid groups (broad SMARTS) is 1. The fourth-order valence-corrected chi connectivity index (χ4v) is 5.29. The van der Waals surface area contributed by atoms with Crippen LogP contribution in [0.2, 0.25) is 0 Å². The molecule has 1 aliphatic rings.